The van der Waals surface area contributed by atoms with Crippen LogP contribution in [-0.2, 0) is 0 Å². The third-order valence-corrected chi connectivity index (χ3v) is 4.60. The van der Waals surface area contributed by atoms with Crippen LogP contribution >= 0.6 is 27.5 Å². The average Bonchev–Trinajstić information content (AvgIpc) is 2.35. The summed E-state index contributed by atoms with van der Waals surface area (Å²) >= 11 is 9.49. The van der Waals surface area contributed by atoms with Crippen LogP contribution in [0.2, 0.25) is 5.02 Å². The number of halogens is 2. The van der Waals surface area contributed by atoms with Crippen LogP contribution in [0, 0.1) is 11.8 Å². The maximum absolute atomic E-state index is 12.4. The SMILES string of the molecule is CC1CCN(C(=O)c2cc(Br)ccc2Cl)CC1C. The number of carbonyl (C=O) groups excluding carboxylic acids is 1. The van der Waals surface area contributed by atoms with Crippen LogP contribution in [0.3, 0.4) is 0 Å². The minimum absolute atomic E-state index is 0.0417. The van der Waals surface area contributed by atoms with E-state index in [4.69, 9.17) is 11.6 Å². The maximum Gasteiger partial charge on any atom is 0.255 e. The number of nitrogens with zero attached hydrogens (tertiary/aromatic N) is 1. The van der Waals surface area contributed by atoms with Gasteiger partial charge in [-0.25, -0.2) is 0 Å². The lowest BCUT2D eigenvalue weighted by atomic mass is 9.88. The van der Waals surface area contributed by atoms with Gasteiger partial charge < -0.3 is 4.90 Å². The molecule has 18 heavy (non-hydrogen) atoms. The summed E-state index contributed by atoms with van der Waals surface area (Å²) in [4.78, 5) is 14.4. The molecule has 1 fully saturated rings. The molecule has 2 unspecified atom stereocenters. The van der Waals surface area contributed by atoms with Gasteiger partial charge in [-0.3, -0.25) is 4.79 Å². The molecule has 0 N–H and O–H groups in total. The number of hydrogen-bond donors (Lipinski definition) is 0. The number of hydrogen-bond acceptors (Lipinski definition) is 1. The Labute approximate surface area is 121 Å². The molecule has 1 aromatic rings. The Morgan fingerprint density at radius 2 is 2.11 bits per heavy atom. The minimum Gasteiger partial charge on any atom is -0.338 e. The average molecular weight is 331 g/mol. The first kappa shape index (κ1) is 13.9. The molecule has 2 nitrogen and oxygen atoms in total. The Bertz CT molecular complexity index is 463. The second-order valence-electron chi connectivity index (χ2n) is 5.12. The zero-order valence-electron chi connectivity index (χ0n) is 10.6. The normalized spacial score (nSPS) is 24.1. The zero-order chi connectivity index (χ0) is 13.3. The van der Waals surface area contributed by atoms with Crippen molar-refractivity contribution in [2.75, 3.05) is 13.1 Å². The predicted octanol–water partition coefficient (Wildman–Crippen LogP) is 4.22. The van der Waals surface area contributed by atoms with E-state index >= 15 is 0 Å². The van der Waals surface area contributed by atoms with Crippen molar-refractivity contribution in [1.29, 1.82) is 0 Å². The molecule has 2 atom stereocenters. The fourth-order valence-electron chi connectivity index (χ4n) is 2.28. The van der Waals surface area contributed by atoms with Gasteiger partial charge in [0.25, 0.3) is 5.91 Å². The summed E-state index contributed by atoms with van der Waals surface area (Å²) in [5.41, 5.74) is 0.591. The van der Waals surface area contributed by atoms with E-state index in [1.807, 2.05) is 11.0 Å². The number of likely N-dealkylation sites (tertiary alicyclic amines) is 1. The number of carbonyl (C=O) groups is 1. The van der Waals surface area contributed by atoms with Gasteiger partial charge in [-0.1, -0.05) is 41.4 Å². The van der Waals surface area contributed by atoms with Gasteiger partial charge in [0.15, 0.2) is 0 Å². The van der Waals surface area contributed by atoms with E-state index in [0.717, 1.165) is 24.0 Å². The molecule has 0 radical (unpaired) electrons. The fourth-order valence-corrected chi connectivity index (χ4v) is 2.84. The summed E-state index contributed by atoms with van der Waals surface area (Å²) in [5.74, 6) is 1.28. The molecule has 98 valence electrons. The van der Waals surface area contributed by atoms with Gasteiger partial charge >= 0.3 is 0 Å². The number of benzene rings is 1. The van der Waals surface area contributed by atoms with Gasteiger partial charge in [0.1, 0.15) is 0 Å². The lowest BCUT2D eigenvalue weighted by Crippen LogP contribution is -2.42. The van der Waals surface area contributed by atoms with E-state index in [9.17, 15) is 4.79 Å². The topological polar surface area (TPSA) is 20.3 Å². The molecule has 0 aromatic heterocycles. The lowest BCUT2D eigenvalue weighted by molar-refractivity contribution is 0.0627. The Hall–Kier alpha value is -0.540. The van der Waals surface area contributed by atoms with Crippen molar-refractivity contribution in [3.05, 3.63) is 33.3 Å². The molecular weight excluding hydrogens is 314 g/mol. The minimum atomic E-state index is 0.0417. The van der Waals surface area contributed by atoms with Crippen LogP contribution in [0.25, 0.3) is 0 Å². The second-order valence-corrected chi connectivity index (χ2v) is 6.44. The van der Waals surface area contributed by atoms with Crippen LogP contribution in [0.15, 0.2) is 22.7 Å². The molecule has 0 bridgehead atoms. The highest BCUT2D eigenvalue weighted by Gasteiger charge is 2.27. The summed E-state index contributed by atoms with van der Waals surface area (Å²) in [5, 5.41) is 0.523. The highest BCUT2D eigenvalue weighted by Crippen LogP contribution is 2.27. The molecule has 1 heterocycles. The molecule has 1 aliphatic heterocycles. The largest absolute Gasteiger partial charge is 0.338 e. The first-order chi connectivity index (χ1) is 8.49. The first-order valence-electron chi connectivity index (χ1n) is 6.23. The van der Waals surface area contributed by atoms with Crippen molar-refractivity contribution < 1.29 is 4.79 Å². The highest BCUT2D eigenvalue weighted by atomic mass is 79.9. The van der Waals surface area contributed by atoms with Gasteiger partial charge in [-0.2, -0.15) is 0 Å². The molecule has 0 aliphatic carbocycles. The Morgan fingerprint density at radius 3 is 2.78 bits per heavy atom. The van der Waals surface area contributed by atoms with Crippen molar-refractivity contribution in [3.63, 3.8) is 0 Å². The van der Waals surface area contributed by atoms with Gasteiger partial charge in [0, 0.05) is 17.6 Å². The Balaban J connectivity index is 2.19. The number of rotatable bonds is 1. The van der Waals surface area contributed by atoms with E-state index in [0.29, 0.717) is 22.4 Å². The standard InChI is InChI=1S/C14H17BrClNO/c1-9-5-6-17(8-10(9)2)14(18)12-7-11(15)3-4-13(12)16/h3-4,7,9-10H,5-6,8H2,1-2H3. The van der Waals surface area contributed by atoms with E-state index in [-0.39, 0.29) is 5.91 Å². The summed E-state index contributed by atoms with van der Waals surface area (Å²) in [6, 6.07) is 5.41. The van der Waals surface area contributed by atoms with Crippen molar-refractivity contribution in [2.24, 2.45) is 11.8 Å². The van der Waals surface area contributed by atoms with Gasteiger partial charge in [0.05, 0.1) is 10.6 Å². The zero-order valence-corrected chi connectivity index (χ0v) is 13.0. The second kappa shape index (κ2) is 5.62. The van der Waals surface area contributed by atoms with Gasteiger partial charge in [-0.15, -0.1) is 0 Å². The molecular formula is C14H17BrClNO. The highest BCUT2D eigenvalue weighted by molar-refractivity contribution is 9.10. The molecule has 2 rings (SSSR count). The first-order valence-corrected chi connectivity index (χ1v) is 7.40. The molecule has 1 aromatic carbocycles. The third-order valence-electron chi connectivity index (χ3n) is 3.78. The Kier molecular flexibility index (Phi) is 4.33. The van der Waals surface area contributed by atoms with E-state index < -0.39 is 0 Å². The molecule has 1 saturated heterocycles. The molecule has 1 amide bonds. The number of amides is 1. The Morgan fingerprint density at radius 1 is 1.39 bits per heavy atom. The summed E-state index contributed by atoms with van der Waals surface area (Å²) in [6.45, 7) is 6.10. The van der Waals surface area contributed by atoms with Crippen molar-refractivity contribution in [1.82, 2.24) is 4.90 Å². The predicted molar refractivity (Wildman–Crippen MR) is 78.0 cm³/mol. The van der Waals surface area contributed by atoms with E-state index in [1.54, 1.807) is 12.1 Å². The van der Waals surface area contributed by atoms with Crippen LogP contribution in [0.5, 0.6) is 0 Å². The van der Waals surface area contributed by atoms with Crippen LogP contribution in [0.4, 0.5) is 0 Å². The van der Waals surface area contributed by atoms with E-state index in [2.05, 4.69) is 29.8 Å². The van der Waals surface area contributed by atoms with Crippen molar-refractivity contribution >= 4 is 33.4 Å². The fraction of sp³-hybridized carbons (Fsp3) is 0.500. The van der Waals surface area contributed by atoms with Gasteiger partial charge in [-0.05, 0) is 36.5 Å². The third kappa shape index (κ3) is 2.89. The quantitative estimate of drug-likeness (QED) is 0.755. The molecule has 4 heteroatoms. The van der Waals surface area contributed by atoms with Crippen LogP contribution in [-0.4, -0.2) is 23.9 Å². The lowest BCUT2D eigenvalue weighted by Gasteiger charge is -2.35. The summed E-state index contributed by atoms with van der Waals surface area (Å²) in [7, 11) is 0. The monoisotopic (exact) mass is 329 g/mol. The van der Waals surface area contributed by atoms with Crippen molar-refractivity contribution in [2.45, 2.75) is 20.3 Å². The molecule has 0 spiro atoms. The molecule has 1 aliphatic rings. The smallest absolute Gasteiger partial charge is 0.255 e. The van der Waals surface area contributed by atoms with Crippen molar-refractivity contribution in [3.8, 4) is 0 Å². The summed E-state index contributed by atoms with van der Waals surface area (Å²) in [6.07, 6.45) is 1.07. The number of piperidine rings is 1. The van der Waals surface area contributed by atoms with Crippen LogP contribution in [0.1, 0.15) is 30.6 Å². The maximum atomic E-state index is 12.4. The van der Waals surface area contributed by atoms with Crippen LogP contribution < -0.4 is 0 Å². The van der Waals surface area contributed by atoms with Gasteiger partial charge in [0.2, 0.25) is 0 Å². The van der Waals surface area contributed by atoms with E-state index in [1.165, 1.54) is 0 Å². The summed E-state index contributed by atoms with van der Waals surface area (Å²) < 4.78 is 0.883. The molecule has 0 saturated carbocycles.